The van der Waals surface area contributed by atoms with Crippen LogP contribution in [0.5, 0.6) is 0 Å². The van der Waals surface area contributed by atoms with Crippen LogP contribution in [-0.2, 0) is 0 Å². The lowest BCUT2D eigenvalue weighted by Gasteiger charge is -2.39. The molecule has 7 rings (SSSR count). The van der Waals surface area contributed by atoms with E-state index in [-0.39, 0.29) is 18.1 Å². The van der Waals surface area contributed by atoms with Gasteiger partial charge < -0.3 is 15.3 Å². The van der Waals surface area contributed by atoms with Crippen LogP contribution in [0, 0.1) is 5.92 Å². The molecule has 0 unspecified atom stereocenters. The molecule has 1 amide bonds. The smallest absolute Gasteiger partial charge is 0.251 e. The van der Waals surface area contributed by atoms with Gasteiger partial charge in [-0.15, -0.1) is 0 Å². The zero-order valence-electron chi connectivity index (χ0n) is 20.7. The Labute approximate surface area is 215 Å². The van der Waals surface area contributed by atoms with Gasteiger partial charge in [0.15, 0.2) is 0 Å². The van der Waals surface area contributed by atoms with E-state index in [1.165, 1.54) is 5.69 Å². The highest BCUT2D eigenvalue weighted by atomic mass is 16.3. The Balaban J connectivity index is 1.14. The summed E-state index contributed by atoms with van der Waals surface area (Å²) < 4.78 is 0. The van der Waals surface area contributed by atoms with E-state index in [2.05, 4.69) is 49.7 Å². The number of aromatic nitrogens is 3. The Hall–Kier alpha value is -3.71. The van der Waals surface area contributed by atoms with Gasteiger partial charge in [-0.05, 0) is 86.9 Å². The van der Waals surface area contributed by atoms with Gasteiger partial charge in [-0.3, -0.25) is 14.9 Å². The molecule has 4 heterocycles. The van der Waals surface area contributed by atoms with Gasteiger partial charge in [0.05, 0.1) is 29.1 Å². The highest BCUT2D eigenvalue weighted by molar-refractivity contribution is 6.01. The SMILES string of the molecule is O=C(N[C@H](c1ccccn1)C1CC1)c1ccc2[nH]nc(-c3ccc(N4[C@@H]5CC[C@H]4C[C@@H](O)C5)cc3)c2c1. The predicted octanol–water partition coefficient (Wildman–Crippen LogP) is 5.00. The summed E-state index contributed by atoms with van der Waals surface area (Å²) in [6.45, 7) is 0. The van der Waals surface area contributed by atoms with Crippen LogP contribution in [0.4, 0.5) is 5.69 Å². The zero-order valence-corrected chi connectivity index (χ0v) is 20.7. The molecule has 0 radical (unpaired) electrons. The number of benzene rings is 2. The van der Waals surface area contributed by atoms with Crippen molar-refractivity contribution in [3.05, 3.63) is 78.1 Å². The van der Waals surface area contributed by atoms with Gasteiger partial charge in [-0.1, -0.05) is 18.2 Å². The molecule has 0 spiro atoms. The molecule has 4 aromatic rings. The molecule has 3 aliphatic rings. The van der Waals surface area contributed by atoms with Crippen molar-refractivity contribution < 1.29 is 9.90 Å². The molecule has 3 N–H and O–H groups in total. The van der Waals surface area contributed by atoms with Crippen LogP contribution in [0.25, 0.3) is 22.2 Å². The summed E-state index contributed by atoms with van der Waals surface area (Å²) in [7, 11) is 0. The molecule has 7 nitrogen and oxygen atoms in total. The Kier molecular flexibility index (Phi) is 5.47. The van der Waals surface area contributed by atoms with Crippen LogP contribution in [0.1, 0.15) is 60.6 Å². The van der Waals surface area contributed by atoms with Gasteiger partial charge in [-0.25, -0.2) is 0 Å². The minimum absolute atomic E-state index is 0.0630. The third-order valence-corrected chi connectivity index (χ3v) is 8.36. The van der Waals surface area contributed by atoms with Crippen molar-refractivity contribution in [1.29, 1.82) is 0 Å². The summed E-state index contributed by atoms with van der Waals surface area (Å²) in [4.78, 5) is 20.3. The fourth-order valence-electron chi connectivity index (χ4n) is 6.38. The van der Waals surface area contributed by atoms with E-state index in [9.17, 15) is 9.90 Å². The number of hydrogen-bond acceptors (Lipinski definition) is 5. The monoisotopic (exact) mass is 493 g/mol. The van der Waals surface area contributed by atoms with Gasteiger partial charge in [0, 0.05) is 40.5 Å². The molecular formula is C30H31N5O2. The van der Waals surface area contributed by atoms with Crippen LogP contribution in [0.2, 0.25) is 0 Å². The molecule has 1 saturated carbocycles. The lowest BCUT2D eigenvalue weighted by atomic mass is 9.98. The average molecular weight is 494 g/mol. The van der Waals surface area contributed by atoms with Crippen molar-refractivity contribution >= 4 is 22.5 Å². The van der Waals surface area contributed by atoms with Crippen LogP contribution < -0.4 is 10.2 Å². The van der Waals surface area contributed by atoms with Crippen molar-refractivity contribution in [2.75, 3.05) is 4.90 Å². The van der Waals surface area contributed by atoms with Gasteiger partial charge in [0.25, 0.3) is 5.91 Å². The number of anilines is 1. The Morgan fingerprint density at radius 3 is 2.49 bits per heavy atom. The average Bonchev–Trinajstić information content (AvgIpc) is 3.62. The molecule has 4 atom stereocenters. The minimum Gasteiger partial charge on any atom is -0.393 e. The molecule has 2 saturated heterocycles. The number of aliphatic hydroxyl groups excluding tert-OH is 1. The maximum absolute atomic E-state index is 13.3. The van der Waals surface area contributed by atoms with E-state index < -0.39 is 0 Å². The molecule has 37 heavy (non-hydrogen) atoms. The molecule has 2 bridgehead atoms. The number of rotatable bonds is 6. The number of piperidine rings is 1. The fourth-order valence-corrected chi connectivity index (χ4v) is 6.38. The summed E-state index contributed by atoms with van der Waals surface area (Å²) >= 11 is 0. The van der Waals surface area contributed by atoms with Crippen molar-refractivity contribution in [2.45, 2.75) is 62.8 Å². The number of nitrogens with one attached hydrogen (secondary N) is 2. The Morgan fingerprint density at radius 1 is 1.00 bits per heavy atom. The van der Waals surface area contributed by atoms with Crippen LogP contribution in [0.3, 0.4) is 0 Å². The third kappa shape index (κ3) is 4.17. The quantitative estimate of drug-likeness (QED) is 0.352. The number of pyridine rings is 1. The number of amides is 1. The first-order valence-electron chi connectivity index (χ1n) is 13.4. The second-order valence-electron chi connectivity index (χ2n) is 10.8. The Bertz CT molecular complexity index is 1420. The largest absolute Gasteiger partial charge is 0.393 e. The summed E-state index contributed by atoms with van der Waals surface area (Å²) in [5.41, 5.74) is 5.51. The van der Waals surface area contributed by atoms with Crippen LogP contribution in [0.15, 0.2) is 66.9 Å². The van der Waals surface area contributed by atoms with E-state index in [0.29, 0.717) is 23.6 Å². The first-order valence-corrected chi connectivity index (χ1v) is 13.4. The number of H-pyrrole nitrogens is 1. The number of carbonyl (C=O) groups is 1. The lowest BCUT2D eigenvalue weighted by Crippen LogP contribution is -2.44. The topological polar surface area (TPSA) is 94.1 Å². The van der Waals surface area contributed by atoms with E-state index in [1.807, 2.05) is 36.4 Å². The van der Waals surface area contributed by atoms with E-state index in [0.717, 1.165) is 66.4 Å². The van der Waals surface area contributed by atoms with Gasteiger partial charge in [0.2, 0.25) is 0 Å². The first kappa shape index (κ1) is 22.5. The van der Waals surface area contributed by atoms with E-state index in [4.69, 9.17) is 0 Å². The third-order valence-electron chi connectivity index (χ3n) is 8.36. The molecule has 2 aromatic carbocycles. The normalized spacial score (nSPS) is 23.8. The lowest BCUT2D eigenvalue weighted by molar-refractivity contribution is 0.0930. The molecular weight excluding hydrogens is 462 g/mol. The van der Waals surface area contributed by atoms with Crippen molar-refractivity contribution in [3.63, 3.8) is 0 Å². The standard InChI is InChI=1S/C30H31N5O2/c36-24-16-22-11-12-23(17-24)35(22)21-9-6-18(7-10-21)28-25-15-20(8-13-26(25)33-34-28)30(37)32-29(19-4-5-19)27-3-1-2-14-31-27/h1-3,6-10,13-15,19,22-24,29,36H,4-5,11-12,16-17H2,(H,32,37)(H,33,34)/t22-,23+,24+,29-/m0/s1. The molecule has 7 heteroatoms. The number of nitrogens with zero attached hydrogens (tertiary/aromatic N) is 3. The highest BCUT2D eigenvalue weighted by Gasteiger charge is 2.40. The number of aromatic amines is 1. The first-order chi connectivity index (χ1) is 18.1. The summed E-state index contributed by atoms with van der Waals surface area (Å²) in [5.74, 6) is 0.360. The van der Waals surface area contributed by atoms with E-state index in [1.54, 1.807) is 6.20 Å². The molecule has 1 aliphatic carbocycles. The van der Waals surface area contributed by atoms with Crippen molar-refractivity contribution in [2.24, 2.45) is 5.92 Å². The number of fused-ring (bicyclic) bond motifs is 3. The Morgan fingerprint density at radius 2 is 1.78 bits per heavy atom. The van der Waals surface area contributed by atoms with Gasteiger partial charge in [-0.2, -0.15) is 5.10 Å². The minimum atomic E-state index is -0.168. The number of carbonyl (C=O) groups excluding carboxylic acids is 1. The highest BCUT2D eigenvalue weighted by Crippen LogP contribution is 2.41. The molecule has 2 aliphatic heterocycles. The molecule has 3 fully saturated rings. The molecule has 188 valence electrons. The van der Waals surface area contributed by atoms with Gasteiger partial charge in [0.1, 0.15) is 0 Å². The van der Waals surface area contributed by atoms with Crippen LogP contribution in [-0.4, -0.2) is 44.4 Å². The fraction of sp³-hybridized carbons (Fsp3) is 0.367. The van der Waals surface area contributed by atoms with E-state index >= 15 is 0 Å². The zero-order chi connectivity index (χ0) is 24.9. The summed E-state index contributed by atoms with van der Waals surface area (Å²) in [6, 6.07) is 20.9. The molecule has 2 aromatic heterocycles. The van der Waals surface area contributed by atoms with Gasteiger partial charge >= 0.3 is 0 Å². The summed E-state index contributed by atoms with van der Waals surface area (Å²) in [6.07, 6.45) is 7.86. The van der Waals surface area contributed by atoms with Crippen molar-refractivity contribution in [3.8, 4) is 11.3 Å². The maximum atomic E-state index is 13.3. The van der Waals surface area contributed by atoms with Crippen molar-refractivity contribution in [1.82, 2.24) is 20.5 Å². The maximum Gasteiger partial charge on any atom is 0.251 e. The number of aliphatic hydroxyl groups is 1. The second-order valence-corrected chi connectivity index (χ2v) is 10.8. The summed E-state index contributed by atoms with van der Waals surface area (Å²) in [5, 5.41) is 22.0. The number of hydrogen-bond donors (Lipinski definition) is 3. The predicted molar refractivity (Wildman–Crippen MR) is 143 cm³/mol. The second kappa shape index (κ2) is 8.99. The van der Waals surface area contributed by atoms with Crippen LogP contribution >= 0.6 is 0 Å².